The average molecular weight is 729 g/mol. The van der Waals surface area contributed by atoms with Crippen LogP contribution in [0.1, 0.15) is 25.0 Å². The van der Waals surface area contributed by atoms with Crippen LogP contribution in [0, 0.1) is 0 Å². The van der Waals surface area contributed by atoms with Crippen LogP contribution in [-0.4, -0.2) is 0 Å². The van der Waals surface area contributed by atoms with Gasteiger partial charge >= 0.3 is 0 Å². The molecule has 1 heterocycles. The second kappa shape index (κ2) is 11.7. The Hall–Kier alpha value is -6.54. The summed E-state index contributed by atoms with van der Waals surface area (Å²) in [6.45, 7) is 4.88. The standard InChI is InChI=1S/C55H36S/c1-55(2)52-38-21-6-4-16-34(38)29-30-44(52)47-32-46(54-51(53(47)55)45-26-11-12-28-48(45)56-54)35-18-13-19-36(31-35)49-40-22-7-9-24-42(40)50(43-25-10-8-23-41(43)49)39-27-14-17-33-15-3-5-20-37(33)39/h3-32H,1-2H3. The van der Waals surface area contributed by atoms with E-state index in [-0.39, 0.29) is 5.41 Å². The highest BCUT2D eigenvalue weighted by Gasteiger charge is 2.40. The number of hydrogen-bond acceptors (Lipinski definition) is 1. The van der Waals surface area contributed by atoms with Crippen LogP contribution in [0.5, 0.6) is 0 Å². The molecule has 0 nitrogen and oxygen atoms in total. The van der Waals surface area contributed by atoms with E-state index in [1.54, 1.807) is 0 Å². The maximum Gasteiger partial charge on any atom is 0.0437 e. The van der Waals surface area contributed by atoms with Crippen molar-refractivity contribution in [2.24, 2.45) is 0 Å². The van der Waals surface area contributed by atoms with Gasteiger partial charge < -0.3 is 0 Å². The van der Waals surface area contributed by atoms with Gasteiger partial charge in [-0.3, -0.25) is 0 Å². The molecule has 0 saturated heterocycles. The third-order valence-electron chi connectivity index (χ3n) is 12.6. The van der Waals surface area contributed by atoms with E-state index in [1.165, 1.54) is 119 Å². The van der Waals surface area contributed by atoms with E-state index in [0.29, 0.717) is 0 Å². The normalized spacial score (nSPS) is 13.3. The molecule has 0 spiro atoms. The van der Waals surface area contributed by atoms with Crippen LogP contribution in [-0.2, 0) is 5.41 Å². The monoisotopic (exact) mass is 728 g/mol. The molecule has 1 aliphatic rings. The molecule has 1 aromatic heterocycles. The fraction of sp³-hybridized carbons (Fsp3) is 0.0545. The summed E-state index contributed by atoms with van der Waals surface area (Å²) in [5.74, 6) is 0. The Morgan fingerprint density at radius 2 is 0.911 bits per heavy atom. The molecule has 0 atom stereocenters. The molecule has 262 valence electrons. The molecule has 0 fully saturated rings. The minimum Gasteiger partial charge on any atom is -0.135 e. The molecule has 12 rings (SSSR count). The lowest BCUT2D eigenvalue weighted by molar-refractivity contribution is 0.673. The van der Waals surface area contributed by atoms with Crippen LogP contribution in [0.4, 0.5) is 0 Å². The molecule has 0 amide bonds. The first-order valence-electron chi connectivity index (χ1n) is 19.6. The molecule has 0 bridgehead atoms. The molecule has 0 N–H and O–H groups in total. The summed E-state index contributed by atoms with van der Waals surface area (Å²) in [4.78, 5) is 0. The first-order valence-corrected chi connectivity index (χ1v) is 20.4. The highest BCUT2D eigenvalue weighted by molar-refractivity contribution is 7.26. The molecular weight excluding hydrogens is 693 g/mol. The molecule has 1 heteroatoms. The van der Waals surface area contributed by atoms with Crippen LogP contribution in [0.3, 0.4) is 0 Å². The van der Waals surface area contributed by atoms with E-state index >= 15 is 0 Å². The van der Waals surface area contributed by atoms with Crippen LogP contribution >= 0.6 is 11.3 Å². The van der Waals surface area contributed by atoms with Crippen LogP contribution in [0.25, 0.3) is 108 Å². The second-order valence-electron chi connectivity index (χ2n) is 15.9. The lowest BCUT2D eigenvalue weighted by Gasteiger charge is -2.24. The van der Waals surface area contributed by atoms with Crippen molar-refractivity contribution < 1.29 is 0 Å². The first-order chi connectivity index (χ1) is 27.6. The van der Waals surface area contributed by atoms with Crippen molar-refractivity contribution in [2.45, 2.75) is 19.3 Å². The summed E-state index contributed by atoms with van der Waals surface area (Å²) < 4.78 is 2.71. The SMILES string of the molecule is CC1(C)c2c(ccc3ccccc23)-c2cc(-c3cccc(-c4c5ccccc5c(-c5cccc6ccccc56)c5ccccc45)c3)c3sc4ccccc4c3c21. The maximum absolute atomic E-state index is 2.52. The lowest BCUT2D eigenvalue weighted by Crippen LogP contribution is -2.16. The van der Waals surface area contributed by atoms with Crippen LogP contribution < -0.4 is 0 Å². The largest absolute Gasteiger partial charge is 0.135 e. The smallest absolute Gasteiger partial charge is 0.0437 e. The summed E-state index contributed by atoms with van der Waals surface area (Å²) in [5.41, 5.74) is 13.1. The van der Waals surface area contributed by atoms with Gasteiger partial charge in [-0.15, -0.1) is 11.3 Å². The molecule has 0 saturated carbocycles. The quantitative estimate of drug-likeness (QED) is 0.159. The fourth-order valence-corrected chi connectivity index (χ4v) is 11.5. The van der Waals surface area contributed by atoms with Gasteiger partial charge in [0, 0.05) is 31.2 Å². The molecule has 10 aromatic carbocycles. The highest BCUT2D eigenvalue weighted by Crippen LogP contribution is 2.58. The summed E-state index contributed by atoms with van der Waals surface area (Å²) in [7, 11) is 0. The zero-order valence-corrected chi connectivity index (χ0v) is 32.0. The molecule has 56 heavy (non-hydrogen) atoms. The number of fused-ring (bicyclic) bond motifs is 12. The minimum atomic E-state index is -0.155. The number of hydrogen-bond donors (Lipinski definition) is 0. The van der Waals surface area contributed by atoms with Crippen LogP contribution in [0.15, 0.2) is 182 Å². The zero-order chi connectivity index (χ0) is 37.1. The van der Waals surface area contributed by atoms with E-state index < -0.39 is 0 Å². The van der Waals surface area contributed by atoms with E-state index in [2.05, 4.69) is 196 Å². The van der Waals surface area contributed by atoms with Gasteiger partial charge in [0.05, 0.1) is 0 Å². The van der Waals surface area contributed by atoms with Gasteiger partial charge in [-0.05, 0) is 111 Å². The Balaban J connectivity index is 1.14. The fourth-order valence-electron chi connectivity index (χ4n) is 10.3. The Labute approximate surface area is 329 Å². The van der Waals surface area contributed by atoms with Crippen molar-refractivity contribution in [3.05, 3.63) is 193 Å². The van der Waals surface area contributed by atoms with Gasteiger partial charge in [0.2, 0.25) is 0 Å². The van der Waals surface area contributed by atoms with Gasteiger partial charge in [0.25, 0.3) is 0 Å². The number of thiophene rings is 1. The van der Waals surface area contributed by atoms with Gasteiger partial charge in [-0.25, -0.2) is 0 Å². The van der Waals surface area contributed by atoms with Gasteiger partial charge in [-0.1, -0.05) is 178 Å². The highest BCUT2D eigenvalue weighted by atomic mass is 32.1. The maximum atomic E-state index is 2.52. The molecule has 0 unspecified atom stereocenters. The molecule has 11 aromatic rings. The third kappa shape index (κ3) is 4.35. The summed E-state index contributed by atoms with van der Waals surface area (Å²) in [5, 5.41) is 13.1. The zero-order valence-electron chi connectivity index (χ0n) is 31.2. The van der Waals surface area contributed by atoms with Crippen molar-refractivity contribution in [1.29, 1.82) is 0 Å². The van der Waals surface area contributed by atoms with Crippen molar-refractivity contribution >= 4 is 74.6 Å². The van der Waals surface area contributed by atoms with Gasteiger partial charge in [0.15, 0.2) is 0 Å². The molecule has 0 aliphatic heterocycles. The molecular formula is C55H36S. The average Bonchev–Trinajstić information content (AvgIpc) is 3.74. The van der Waals surface area contributed by atoms with E-state index in [0.717, 1.165) is 0 Å². The summed E-state index contributed by atoms with van der Waals surface area (Å²) >= 11 is 1.94. The Bertz CT molecular complexity index is 3390. The van der Waals surface area contributed by atoms with Crippen molar-refractivity contribution in [2.75, 3.05) is 0 Å². The van der Waals surface area contributed by atoms with Crippen molar-refractivity contribution in [3.8, 4) is 44.5 Å². The third-order valence-corrected chi connectivity index (χ3v) is 13.8. The van der Waals surface area contributed by atoms with Gasteiger partial charge in [0.1, 0.15) is 0 Å². The van der Waals surface area contributed by atoms with E-state index in [1.807, 2.05) is 11.3 Å². The van der Waals surface area contributed by atoms with E-state index in [4.69, 9.17) is 0 Å². The number of rotatable bonds is 3. The van der Waals surface area contributed by atoms with Gasteiger partial charge in [-0.2, -0.15) is 0 Å². The summed E-state index contributed by atoms with van der Waals surface area (Å²) in [6, 6.07) is 68.0. The topological polar surface area (TPSA) is 0 Å². The molecule has 1 aliphatic carbocycles. The first kappa shape index (κ1) is 31.8. The number of benzene rings is 10. The molecule has 0 radical (unpaired) electrons. The Morgan fingerprint density at radius 1 is 0.357 bits per heavy atom. The van der Waals surface area contributed by atoms with E-state index in [9.17, 15) is 0 Å². The Kier molecular flexibility index (Phi) is 6.66. The Morgan fingerprint density at radius 3 is 1.64 bits per heavy atom. The van der Waals surface area contributed by atoms with Crippen LogP contribution in [0.2, 0.25) is 0 Å². The predicted octanol–water partition coefficient (Wildman–Crippen LogP) is 16.0. The predicted molar refractivity (Wildman–Crippen MR) is 243 cm³/mol. The van der Waals surface area contributed by atoms with Crippen molar-refractivity contribution in [3.63, 3.8) is 0 Å². The van der Waals surface area contributed by atoms with Crippen molar-refractivity contribution in [1.82, 2.24) is 0 Å². The lowest BCUT2D eigenvalue weighted by atomic mass is 9.78. The second-order valence-corrected chi connectivity index (χ2v) is 17.0. The minimum absolute atomic E-state index is 0.155. The summed E-state index contributed by atoms with van der Waals surface area (Å²) in [6.07, 6.45) is 0.